The molecule has 0 amide bonds. The summed E-state index contributed by atoms with van der Waals surface area (Å²) < 4.78 is 0. The van der Waals surface area contributed by atoms with Crippen molar-refractivity contribution < 1.29 is 15.0 Å². The second-order valence-electron chi connectivity index (χ2n) is 4.69. The molecule has 0 fully saturated rings. The van der Waals surface area contributed by atoms with Crippen LogP contribution in [0.5, 0.6) is 0 Å². The summed E-state index contributed by atoms with van der Waals surface area (Å²) in [6, 6.07) is 3.10. The van der Waals surface area contributed by atoms with Crippen LogP contribution in [0.2, 0.25) is 0 Å². The topological polar surface area (TPSA) is 82.5 Å². The van der Waals surface area contributed by atoms with Crippen LogP contribution in [-0.2, 0) is 6.54 Å². The Kier molecular flexibility index (Phi) is 5.74. The van der Waals surface area contributed by atoms with Crippen molar-refractivity contribution in [1.29, 1.82) is 0 Å². The van der Waals surface area contributed by atoms with E-state index in [1.807, 2.05) is 0 Å². The van der Waals surface area contributed by atoms with Gasteiger partial charge in [-0.05, 0) is 24.5 Å². The highest BCUT2D eigenvalue weighted by molar-refractivity contribution is 5.88. The Morgan fingerprint density at radius 2 is 2.22 bits per heavy atom. The quantitative estimate of drug-likeness (QED) is 0.681. The molecule has 0 bridgehead atoms. The van der Waals surface area contributed by atoms with Crippen LogP contribution in [0.25, 0.3) is 0 Å². The molecule has 5 heteroatoms. The van der Waals surface area contributed by atoms with Crippen LogP contribution in [0.1, 0.15) is 36.3 Å². The van der Waals surface area contributed by atoms with Crippen molar-refractivity contribution in [2.24, 2.45) is 5.92 Å². The lowest BCUT2D eigenvalue weighted by molar-refractivity contribution is 0.0694. The van der Waals surface area contributed by atoms with E-state index in [0.29, 0.717) is 18.2 Å². The second kappa shape index (κ2) is 7.08. The highest BCUT2D eigenvalue weighted by atomic mass is 16.4. The monoisotopic (exact) mass is 252 g/mol. The third-order valence-corrected chi connectivity index (χ3v) is 2.66. The smallest absolute Gasteiger partial charge is 0.337 e. The Hall–Kier alpha value is -1.46. The van der Waals surface area contributed by atoms with E-state index in [9.17, 15) is 9.90 Å². The van der Waals surface area contributed by atoms with E-state index in [1.54, 1.807) is 12.3 Å². The van der Waals surface area contributed by atoms with Crippen LogP contribution >= 0.6 is 0 Å². The summed E-state index contributed by atoms with van der Waals surface area (Å²) in [5.41, 5.74) is 0.693. The fraction of sp³-hybridized carbons (Fsp3) is 0.538. The molecule has 5 nitrogen and oxygen atoms in total. The van der Waals surface area contributed by atoms with Crippen LogP contribution in [-0.4, -0.2) is 33.8 Å². The molecule has 1 rings (SSSR count). The molecule has 0 spiro atoms. The van der Waals surface area contributed by atoms with Crippen LogP contribution in [0.15, 0.2) is 18.3 Å². The van der Waals surface area contributed by atoms with Gasteiger partial charge in [0, 0.05) is 18.8 Å². The van der Waals surface area contributed by atoms with Crippen LogP contribution in [0.3, 0.4) is 0 Å². The molecule has 0 saturated carbocycles. The number of carboxylic acid groups (broad SMARTS) is 1. The first-order valence-electron chi connectivity index (χ1n) is 6.06. The van der Waals surface area contributed by atoms with Gasteiger partial charge in [-0.25, -0.2) is 4.79 Å². The van der Waals surface area contributed by atoms with Gasteiger partial charge in [0.05, 0.1) is 17.9 Å². The van der Waals surface area contributed by atoms with E-state index < -0.39 is 5.97 Å². The standard InChI is InChI=1S/C13H20N2O3/c1-9(2)6-10(8-16)15-7-12-11(13(17)18)4-3-5-14-12/h3-5,9-10,15-16H,6-8H2,1-2H3,(H,17,18). The highest BCUT2D eigenvalue weighted by Gasteiger charge is 2.13. The van der Waals surface area contributed by atoms with Crippen molar-refractivity contribution in [3.63, 3.8) is 0 Å². The van der Waals surface area contributed by atoms with Gasteiger partial charge in [0.1, 0.15) is 0 Å². The number of aromatic nitrogens is 1. The number of carbonyl (C=O) groups is 1. The second-order valence-corrected chi connectivity index (χ2v) is 4.69. The molecule has 3 N–H and O–H groups in total. The number of nitrogens with one attached hydrogen (secondary N) is 1. The third-order valence-electron chi connectivity index (χ3n) is 2.66. The predicted molar refractivity (Wildman–Crippen MR) is 68.4 cm³/mol. The Labute approximate surface area is 107 Å². The maximum atomic E-state index is 11.0. The molecule has 1 heterocycles. The average molecular weight is 252 g/mol. The minimum absolute atomic E-state index is 0.0337. The van der Waals surface area contributed by atoms with Crippen molar-refractivity contribution in [1.82, 2.24) is 10.3 Å². The summed E-state index contributed by atoms with van der Waals surface area (Å²) in [5, 5.41) is 21.4. The number of nitrogens with zero attached hydrogens (tertiary/aromatic N) is 1. The Bertz CT molecular complexity index is 394. The first kappa shape index (κ1) is 14.6. The molecule has 18 heavy (non-hydrogen) atoms. The third kappa shape index (κ3) is 4.43. The molecule has 1 unspecified atom stereocenters. The van der Waals surface area contributed by atoms with Gasteiger partial charge in [-0.15, -0.1) is 0 Å². The number of carboxylic acids is 1. The van der Waals surface area contributed by atoms with E-state index in [0.717, 1.165) is 6.42 Å². The zero-order valence-corrected chi connectivity index (χ0v) is 10.8. The first-order valence-corrected chi connectivity index (χ1v) is 6.06. The van der Waals surface area contributed by atoms with Gasteiger partial charge in [-0.2, -0.15) is 0 Å². The van der Waals surface area contributed by atoms with E-state index in [2.05, 4.69) is 24.1 Å². The van der Waals surface area contributed by atoms with E-state index in [-0.39, 0.29) is 18.2 Å². The van der Waals surface area contributed by atoms with E-state index >= 15 is 0 Å². The minimum Gasteiger partial charge on any atom is -0.478 e. The van der Waals surface area contributed by atoms with E-state index in [4.69, 9.17) is 5.11 Å². The van der Waals surface area contributed by atoms with Crippen LogP contribution in [0.4, 0.5) is 0 Å². The first-order chi connectivity index (χ1) is 8.54. The summed E-state index contributed by atoms with van der Waals surface area (Å²) in [5.74, 6) is -0.512. The zero-order chi connectivity index (χ0) is 13.5. The normalized spacial score (nSPS) is 12.7. The van der Waals surface area contributed by atoms with Gasteiger partial charge < -0.3 is 15.5 Å². The highest BCUT2D eigenvalue weighted by Crippen LogP contribution is 2.08. The van der Waals surface area contributed by atoms with E-state index in [1.165, 1.54) is 6.07 Å². The maximum absolute atomic E-state index is 11.0. The molecule has 1 aromatic rings. The number of aliphatic hydroxyl groups is 1. The molecule has 0 aliphatic carbocycles. The number of hydrogen-bond donors (Lipinski definition) is 3. The molecule has 0 radical (unpaired) electrons. The summed E-state index contributed by atoms with van der Waals surface area (Å²) >= 11 is 0. The SMILES string of the molecule is CC(C)CC(CO)NCc1ncccc1C(=O)O. The minimum atomic E-state index is -0.982. The molecule has 0 aliphatic heterocycles. The zero-order valence-electron chi connectivity index (χ0n) is 10.8. The number of rotatable bonds is 7. The molecule has 0 aromatic carbocycles. The summed E-state index contributed by atoms with van der Waals surface area (Å²) in [7, 11) is 0. The van der Waals surface area contributed by atoms with Gasteiger partial charge in [-0.3, -0.25) is 4.98 Å². The largest absolute Gasteiger partial charge is 0.478 e. The van der Waals surface area contributed by atoms with Crippen molar-refractivity contribution in [3.05, 3.63) is 29.6 Å². The molecule has 0 aliphatic rings. The lowest BCUT2D eigenvalue weighted by Gasteiger charge is -2.18. The van der Waals surface area contributed by atoms with Crippen molar-refractivity contribution in [3.8, 4) is 0 Å². The molecule has 1 atom stereocenters. The van der Waals surface area contributed by atoms with Gasteiger partial charge >= 0.3 is 5.97 Å². The van der Waals surface area contributed by atoms with Crippen molar-refractivity contribution in [2.45, 2.75) is 32.9 Å². The van der Waals surface area contributed by atoms with Gasteiger partial charge in [0.25, 0.3) is 0 Å². The lowest BCUT2D eigenvalue weighted by atomic mass is 10.0. The number of hydrogen-bond acceptors (Lipinski definition) is 4. The predicted octanol–water partition coefficient (Wildman–Crippen LogP) is 1.28. The molecular formula is C13H20N2O3. The van der Waals surface area contributed by atoms with Crippen LogP contribution in [0, 0.1) is 5.92 Å². The number of aliphatic hydroxyl groups excluding tert-OH is 1. The Balaban J connectivity index is 2.64. The van der Waals surface area contributed by atoms with Crippen molar-refractivity contribution >= 4 is 5.97 Å². The molecule has 0 saturated heterocycles. The number of pyridine rings is 1. The van der Waals surface area contributed by atoms with Crippen LogP contribution < -0.4 is 5.32 Å². The summed E-state index contributed by atoms with van der Waals surface area (Å²) in [4.78, 5) is 15.1. The fourth-order valence-corrected chi connectivity index (χ4v) is 1.81. The molecular weight excluding hydrogens is 232 g/mol. The number of aromatic carboxylic acids is 1. The fourth-order valence-electron chi connectivity index (χ4n) is 1.81. The average Bonchev–Trinajstić information content (AvgIpc) is 2.34. The lowest BCUT2D eigenvalue weighted by Crippen LogP contribution is -2.34. The van der Waals surface area contributed by atoms with Gasteiger partial charge in [0.2, 0.25) is 0 Å². The van der Waals surface area contributed by atoms with Gasteiger partial charge in [-0.1, -0.05) is 13.8 Å². The molecule has 1 aromatic heterocycles. The Morgan fingerprint density at radius 3 is 2.78 bits per heavy atom. The molecule has 100 valence electrons. The Morgan fingerprint density at radius 1 is 1.50 bits per heavy atom. The van der Waals surface area contributed by atoms with Gasteiger partial charge in [0.15, 0.2) is 0 Å². The summed E-state index contributed by atoms with van der Waals surface area (Å²) in [6.07, 6.45) is 2.41. The summed E-state index contributed by atoms with van der Waals surface area (Å²) in [6.45, 7) is 4.54. The maximum Gasteiger partial charge on any atom is 0.337 e. The van der Waals surface area contributed by atoms with Crippen molar-refractivity contribution in [2.75, 3.05) is 6.61 Å².